The van der Waals surface area contributed by atoms with Crippen LogP contribution in [0.4, 0.5) is 5.13 Å². The molecule has 2 N–H and O–H groups in total. The summed E-state index contributed by atoms with van der Waals surface area (Å²) in [4.78, 5) is 39.3. The Labute approximate surface area is 213 Å². The Hall–Kier alpha value is -2.69. The molecule has 3 aromatic rings. The predicted molar refractivity (Wildman–Crippen MR) is 137 cm³/mol. The maximum atomic E-state index is 12.9. The molecule has 0 saturated carbocycles. The molecular weight excluding hydrogens is 490 g/mol. The average molecular weight is 520 g/mol. The number of fused-ring (bicyclic) bond motifs is 1. The van der Waals surface area contributed by atoms with Gasteiger partial charge in [-0.2, -0.15) is 0 Å². The van der Waals surface area contributed by atoms with Crippen LogP contribution in [0.15, 0.2) is 18.2 Å². The van der Waals surface area contributed by atoms with Crippen LogP contribution >= 0.6 is 22.9 Å². The van der Waals surface area contributed by atoms with E-state index < -0.39 is 0 Å². The first-order chi connectivity index (χ1) is 16.8. The number of halogens is 1. The second kappa shape index (κ2) is 10.9. The molecule has 3 heterocycles. The number of benzene rings is 1. The third kappa shape index (κ3) is 5.60. The number of rotatable bonds is 8. The fourth-order valence-electron chi connectivity index (χ4n) is 4.15. The van der Waals surface area contributed by atoms with E-state index >= 15 is 0 Å². The molecule has 4 rings (SSSR count). The number of H-pyrrole nitrogens is 1. The zero-order chi connectivity index (χ0) is 25.1. The summed E-state index contributed by atoms with van der Waals surface area (Å²) in [7, 11) is 0. The molecule has 1 amide bonds. The molecule has 2 atom stereocenters. The highest BCUT2D eigenvalue weighted by molar-refractivity contribution is 7.22. The molecule has 11 heteroatoms. The van der Waals surface area contributed by atoms with E-state index in [4.69, 9.17) is 26.1 Å². The number of hydrogen-bond acceptors (Lipinski definition) is 8. The zero-order valence-corrected chi connectivity index (χ0v) is 21.8. The summed E-state index contributed by atoms with van der Waals surface area (Å²) in [5, 5.41) is 4.20. The van der Waals surface area contributed by atoms with Crippen molar-refractivity contribution in [1.82, 2.24) is 20.3 Å². The normalized spacial score (nSPS) is 18.3. The van der Waals surface area contributed by atoms with E-state index in [0.717, 1.165) is 21.0 Å². The molecule has 1 aromatic carbocycles. The molecule has 188 valence electrons. The van der Waals surface area contributed by atoms with E-state index in [2.05, 4.69) is 20.2 Å². The summed E-state index contributed by atoms with van der Waals surface area (Å²) in [6.07, 6.45) is 1.06. The number of aryl methyl sites for hydroxylation is 1. The van der Waals surface area contributed by atoms with Crippen LogP contribution in [0.1, 0.15) is 60.8 Å². The van der Waals surface area contributed by atoms with Gasteiger partial charge in [0.15, 0.2) is 16.1 Å². The number of amides is 1. The van der Waals surface area contributed by atoms with Crippen LogP contribution in [0.25, 0.3) is 10.2 Å². The van der Waals surface area contributed by atoms with Gasteiger partial charge in [-0.25, -0.2) is 14.8 Å². The average Bonchev–Trinajstić information content (AvgIpc) is 3.43. The van der Waals surface area contributed by atoms with Gasteiger partial charge in [0.25, 0.3) is 5.91 Å². The highest BCUT2D eigenvalue weighted by Gasteiger charge is 2.34. The maximum Gasteiger partial charge on any atom is 0.339 e. The van der Waals surface area contributed by atoms with Crippen molar-refractivity contribution < 1.29 is 19.1 Å². The highest BCUT2D eigenvalue weighted by Crippen LogP contribution is 2.33. The van der Waals surface area contributed by atoms with E-state index in [1.807, 2.05) is 32.9 Å². The van der Waals surface area contributed by atoms with Crippen molar-refractivity contribution in [2.24, 2.45) is 0 Å². The minimum Gasteiger partial charge on any atom is -0.462 e. The Bertz CT molecular complexity index is 1210. The minimum absolute atomic E-state index is 0.0186. The van der Waals surface area contributed by atoms with Crippen molar-refractivity contribution in [1.29, 1.82) is 0 Å². The summed E-state index contributed by atoms with van der Waals surface area (Å²) in [5.41, 5.74) is 2.02. The van der Waals surface area contributed by atoms with Gasteiger partial charge in [-0.1, -0.05) is 35.9 Å². The SMILES string of the molecule is CCOC(=O)c1cccc2nc(N3CCC(NC(=O)c4nc(Cl)c(CC)[nH]4)C(OC(C)C)C3)sc12. The molecule has 2 aromatic heterocycles. The number of piperidine rings is 1. The third-order valence-corrected chi connectivity index (χ3v) is 7.27. The Morgan fingerprint density at radius 3 is 2.80 bits per heavy atom. The van der Waals surface area contributed by atoms with E-state index in [-0.39, 0.29) is 36.0 Å². The molecule has 35 heavy (non-hydrogen) atoms. The molecule has 1 fully saturated rings. The summed E-state index contributed by atoms with van der Waals surface area (Å²) in [6.45, 7) is 9.23. The van der Waals surface area contributed by atoms with Crippen LogP contribution < -0.4 is 10.2 Å². The van der Waals surface area contributed by atoms with Crippen LogP contribution in [-0.2, 0) is 15.9 Å². The van der Waals surface area contributed by atoms with E-state index in [9.17, 15) is 9.59 Å². The van der Waals surface area contributed by atoms with Gasteiger partial charge in [-0.05, 0) is 45.7 Å². The van der Waals surface area contributed by atoms with Crippen molar-refractivity contribution in [3.05, 3.63) is 40.4 Å². The van der Waals surface area contributed by atoms with E-state index in [1.165, 1.54) is 11.3 Å². The Morgan fingerprint density at radius 2 is 2.11 bits per heavy atom. The van der Waals surface area contributed by atoms with Gasteiger partial charge in [0.2, 0.25) is 0 Å². The smallest absolute Gasteiger partial charge is 0.339 e. The minimum atomic E-state index is -0.347. The lowest BCUT2D eigenvalue weighted by Crippen LogP contribution is -2.56. The Balaban J connectivity index is 1.52. The molecule has 0 bridgehead atoms. The maximum absolute atomic E-state index is 12.9. The van der Waals surface area contributed by atoms with Crippen LogP contribution in [0, 0.1) is 0 Å². The number of esters is 1. The number of aromatic amines is 1. The van der Waals surface area contributed by atoms with E-state index in [1.54, 1.807) is 13.0 Å². The van der Waals surface area contributed by atoms with Crippen LogP contribution in [0.3, 0.4) is 0 Å². The summed E-state index contributed by atoms with van der Waals surface area (Å²) in [6, 6.07) is 5.28. The number of nitrogens with one attached hydrogen (secondary N) is 2. The predicted octanol–water partition coefficient (Wildman–Crippen LogP) is 4.21. The number of nitrogens with zero attached hydrogens (tertiary/aromatic N) is 3. The van der Waals surface area contributed by atoms with Gasteiger partial charge in [0.05, 0.1) is 46.3 Å². The fourth-order valence-corrected chi connectivity index (χ4v) is 5.52. The zero-order valence-electron chi connectivity index (χ0n) is 20.3. The van der Waals surface area contributed by atoms with Gasteiger partial charge in [-0.15, -0.1) is 0 Å². The number of thiazole rings is 1. The van der Waals surface area contributed by atoms with Gasteiger partial charge < -0.3 is 24.7 Å². The summed E-state index contributed by atoms with van der Waals surface area (Å²) < 4.78 is 12.2. The van der Waals surface area contributed by atoms with Crippen molar-refractivity contribution in [2.75, 3.05) is 24.6 Å². The first-order valence-electron chi connectivity index (χ1n) is 11.8. The van der Waals surface area contributed by atoms with Gasteiger partial charge in [0, 0.05) is 13.1 Å². The lowest BCUT2D eigenvalue weighted by Gasteiger charge is -2.39. The number of aromatic nitrogens is 3. The standard InChI is InChI=1S/C24H30ClN5O4S/c1-5-15-20(25)29-21(26-15)22(31)27-16-10-11-30(12-18(16)34-13(3)4)24-28-17-9-7-8-14(19(17)35-24)23(32)33-6-2/h7-9,13,16,18H,5-6,10-12H2,1-4H3,(H,26,29)(H,27,31). The first kappa shape index (κ1) is 25.4. The quantitative estimate of drug-likeness (QED) is 0.429. The van der Waals surface area contributed by atoms with Crippen LogP contribution in [0.2, 0.25) is 5.15 Å². The monoisotopic (exact) mass is 519 g/mol. The van der Waals surface area contributed by atoms with Crippen LogP contribution in [-0.4, -0.2) is 64.8 Å². The number of imidazole rings is 1. The Morgan fingerprint density at radius 1 is 1.31 bits per heavy atom. The van der Waals surface area contributed by atoms with Gasteiger partial charge >= 0.3 is 5.97 Å². The molecule has 9 nitrogen and oxygen atoms in total. The third-order valence-electron chi connectivity index (χ3n) is 5.79. The molecular formula is C24H30ClN5O4S. The van der Waals surface area contributed by atoms with Crippen molar-refractivity contribution in [3.63, 3.8) is 0 Å². The highest BCUT2D eigenvalue weighted by atomic mass is 35.5. The molecule has 1 saturated heterocycles. The fraction of sp³-hybridized carbons (Fsp3) is 0.500. The van der Waals surface area contributed by atoms with Gasteiger partial charge in [0.1, 0.15) is 0 Å². The summed E-state index contributed by atoms with van der Waals surface area (Å²) >= 11 is 7.58. The number of carbonyl (C=O) groups excluding carboxylic acids is 2. The molecule has 0 spiro atoms. The first-order valence-corrected chi connectivity index (χ1v) is 13.0. The van der Waals surface area contributed by atoms with Gasteiger partial charge in [-0.3, -0.25) is 4.79 Å². The largest absolute Gasteiger partial charge is 0.462 e. The van der Waals surface area contributed by atoms with Crippen molar-refractivity contribution in [2.45, 2.75) is 58.8 Å². The summed E-state index contributed by atoms with van der Waals surface area (Å²) in [5.74, 6) is -0.447. The number of anilines is 1. The lowest BCUT2D eigenvalue weighted by atomic mass is 10.0. The van der Waals surface area contributed by atoms with E-state index in [0.29, 0.717) is 43.3 Å². The molecule has 1 aliphatic heterocycles. The number of ether oxygens (including phenoxy) is 2. The van der Waals surface area contributed by atoms with Crippen molar-refractivity contribution >= 4 is 50.2 Å². The molecule has 2 unspecified atom stereocenters. The molecule has 0 radical (unpaired) electrons. The number of carbonyl (C=O) groups is 2. The molecule has 1 aliphatic rings. The molecule has 0 aliphatic carbocycles. The Kier molecular flexibility index (Phi) is 7.93. The number of hydrogen-bond donors (Lipinski definition) is 2. The second-order valence-corrected chi connectivity index (χ2v) is 9.95. The topological polar surface area (TPSA) is 109 Å². The van der Waals surface area contributed by atoms with Crippen LogP contribution in [0.5, 0.6) is 0 Å². The lowest BCUT2D eigenvalue weighted by molar-refractivity contribution is -0.0167. The second-order valence-electron chi connectivity index (χ2n) is 8.62. The van der Waals surface area contributed by atoms with Crippen molar-refractivity contribution in [3.8, 4) is 0 Å².